The minimum atomic E-state index is -0.904. The van der Waals surface area contributed by atoms with Gasteiger partial charge in [0, 0.05) is 18.7 Å². The number of carbonyl (C=O) groups excluding carboxylic acids is 1. The molecular formula is C16H20N2O4. The van der Waals surface area contributed by atoms with Crippen molar-refractivity contribution in [1.82, 2.24) is 0 Å². The number of rotatable bonds is 3. The zero-order chi connectivity index (χ0) is 15.7. The Morgan fingerprint density at radius 3 is 2.73 bits per heavy atom. The van der Waals surface area contributed by atoms with Crippen molar-refractivity contribution in [2.24, 2.45) is 0 Å². The van der Waals surface area contributed by atoms with Gasteiger partial charge < -0.3 is 10.0 Å². The largest absolute Gasteiger partial charge is 0.389 e. The number of nitro groups is 1. The van der Waals surface area contributed by atoms with Gasteiger partial charge in [0.2, 0.25) is 5.91 Å². The molecule has 3 rings (SSSR count). The maximum absolute atomic E-state index is 12.6. The standard InChI is InChI=1S/C16H20N2O4/c19-15(11-16(20)7-2-1-3-8-16)17-9-6-12-4-5-13(18(21)22)10-14(12)17/h4-5,10,20H,1-3,6-9,11H2. The number of anilines is 1. The van der Waals surface area contributed by atoms with E-state index in [0.29, 0.717) is 31.5 Å². The Hall–Kier alpha value is -1.95. The number of nitrogens with zero attached hydrogens (tertiary/aromatic N) is 2. The number of benzene rings is 1. The molecule has 6 nitrogen and oxygen atoms in total. The van der Waals surface area contributed by atoms with Gasteiger partial charge in [-0.05, 0) is 24.8 Å². The Balaban J connectivity index is 1.78. The van der Waals surface area contributed by atoms with Crippen LogP contribution >= 0.6 is 0 Å². The first-order valence-corrected chi connectivity index (χ1v) is 7.79. The monoisotopic (exact) mass is 304 g/mol. The lowest BCUT2D eigenvalue weighted by atomic mass is 9.82. The second-order valence-electron chi connectivity index (χ2n) is 6.33. The molecule has 118 valence electrons. The van der Waals surface area contributed by atoms with Gasteiger partial charge in [-0.25, -0.2) is 0 Å². The van der Waals surface area contributed by atoms with Crippen LogP contribution in [0.5, 0.6) is 0 Å². The molecule has 6 heteroatoms. The second kappa shape index (κ2) is 5.68. The molecule has 1 aromatic carbocycles. The lowest BCUT2D eigenvalue weighted by Crippen LogP contribution is -2.40. The lowest BCUT2D eigenvalue weighted by molar-refractivity contribution is -0.384. The van der Waals surface area contributed by atoms with Crippen molar-refractivity contribution in [1.29, 1.82) is 0 Å². The zero-order valence-corrected chi connectivity index (χ0v) is 12.5. The summed E-state index contributed by atoms with van der Waals surface area (Å²) in [6.07, 6.45) is 5.14. The Morgan fingerprint density at radius 2 is 2.05 bits per heavy atom. The number of non-ortho nitro benzene ring substituents is 1. The van der Waals surface area contributed by atoms with Crippen molar-refractivity contribution in [2.45, 2.75) is 50.5 Å². The summed E-state index contributed by atoms with van der Waals surface area (Å²) in [5, 5.41) is 21.4. The van der Waals surface area contributed by atoms with Crippen LogP contribution in [0, 0.1) is 10.1 Å². The molecule has 1 aliphatic heterocycles. The fraction of sp³-hybridized carbons (Fsp3) is 0.562. The van der Waals surface area contributed by atoms with Gasteiger partial charge in [0.1, 0.15) is 0 Å². The predicted octanol–water partition coefficient (Wildman–Crippen LogP) is 2.57. The molecule has 1 fully saturated rings. The van der Waals surface area contributed by atoms with Gasteiger partial charge in [-0.15, -0.1) is 0 Å². The average Bonchev–Trinajstić information content (AvgIpc) is 2.90. The average molecular weight is 304 g/mol. The van der Waals surface area contributed by atoms with E-state index in [1.807, 2.05) is 0 Å². The SMILES string of the molecule is O=C(CC1(O)CCCCC1)N1CCc2ccc([N+](=O)[O-])cc21. The lowest BCUT2D eigenvalue weighted by Gasteiger charge is -2.33. The number of amides is 1. The van der Waals surface area contributed by atoms with Crippen LogP contribution in [0.15, 0.2) is 18.2 Å². The Kier molecular flexibility index (Phi) is 3.87. The topological polar surface area (TPSA) is 83.7 Å². The molecule has 22 heavy (non-hydrogen) atoms. The number of hydrogen-bond donors (Lipinski definition) is 1. The molecule has 0 unspecified atom stereocenters. The van der Waals surface area contributed by atoms with Crippen molar-refractivity contribution in [3.8, 4) is 0 Å². The van der Waals surface area contributed by atoms with Crippen LogP contribution < -0.4 is 4.90 Å². The van der Waals surface area contributed by atoms with Crippen molar-refractivity contribution in [2.75, 3.05) is 11.4 Å². The maximum atomic E-state index is 12.6. The zero-order valence-electron chi connectivity index (χ0n) is 12.5. The predicted molar refractivity (Wildman–Crippen MR) is 81.8 cm³/mol. The molecule has 0 atom stereocenters. The molecule has 0 saturated heterocycles. The molecule has 1 aliphatic carbocycles. The van der Waals surface area contributed by atoms with E-state index in [1.165, 1.54) is 12.1 Å². The van der Waals surface area contributed by atoms with Crippen molar-refractivity contribution >= 4 is 17.3 Å². The van der Waals surface area contributed by atoms with E-state index in [9.17, 15) is 20.0 Å². The van der Waals surface area contributed by atoms with Gasteiger partial charge in [0.25, 0.3) is 5.69 Å². The summed E-state index contributed by atoms with van der Waals surface area (Å²) >= 11 is 0. The molecule has 1 heterocycles. The van der Waals surface area contributed by atoms with E-state index >= 15 is 0 Å². The molecule has 2 aliphatic rings. The highest BCUT2D eigenvalue weighted by molar-refractivity contribution is 5.96. The number of nitro benzene ring substituents is 1. The van der Waals surface area contributed by atoms with Gasteiger partial charge >= 0.3 is 0 Å². The normalized spacial score (nSPS) is 19.8. The van der Waals surface area contributed by atoms with E-state index in [2.05, 4.69) is 0 Å². The quantitative estimate of drug-likeness (QED) is 0.687. The van der Waals surface area contributed by atoms with E-state index in [0.717, 1.165) is 24.8 Å². The molecule has 0 radical (unpaired) electrons. The third-order valence-electron chi connectivity index (χ3n) is 4.74. The van der Waals surface area contributed by atoms with Gasteiger partial charge in [-0.1, -0.05) is 25.3 Å². The van der Waals surface area contributed by atoms with Crippen LogP contribution in [-0.4, -0.2) is 28.1 Å². The second-order valence-corrected chi connectivity index (χ2v) is 6.33. The van der Waals surface area contributed by atoms with Crippen LogP contribution in [0.3, 0.4) is 0 Å². The first-order chi connectivity index (χ1) is 10.5. The summed E-state index contributed by atoms with van der Waals surface area (Å²) in [5.74, 6) is -0.136. The first kappa shape index (κ1) is 15.0. The van der Waals surface area contributed by atoms with Gasteiger partial charge in [-0.3, -0.25) is 14.9 Å². The summed E-state index contributed by atoms with van der Waals surface area (Å²) < 4.78 is 0. The van der Waals surface area contributed by atoms with Crippen LogP contribution in [0.1, 0.15) is 44.1 Å². The Morgan fingerprint density at radius 1 is 1.32 bits per heavy atom. The third kappa shape index (κ3) is 2.83. The van der Waals surface area contributed by atoms with Gasteiger partial charge in [-0.2, -0.15) is 0 Å². The smallest absolute Gasteiger partial charge is 0.271 e. The molecule has 1 saturated carbocycles. The van der Waals surface area contributed by atoms with E-state index in [4.69, 9.17) is 0 Å². The number of aliphatic hydroxyl groups is 1. The van der Waals surface area contributed by atoms with Gasteiger partial charge in [0.05, 0.1) is 22.6 Å². The van der Waals surface area contributed by atoms with Crippen LogP contribution in [0.2, 0.25) is 0 Å². The summed E-state index contributed by atoms with van der Waals surface area (Å²) in [6.45, 7) is 0.533. The molecular weight excluding hydrogens is 284 g/mol. The van der Waals surface area contributed by atoms with E-state index in [1.54, 1.807) is 11.0 Å². The first-order valence-electron chi connectivity index (χ1n) is 7.79. The summed E-state index contributed by atoms with van der Waals surface area (Å²) in [6, 6.07) is 4.66. The molecule has 1 amide bonds. The van der Waals surface area contributed by atoms with Gasteiger partial charge in [0.15, 0.2) is 0 Å². The molecule has 0 aromatic heterocycles. The van der Waals surface area contributed by atoms with Crippen LogP contribution in [0.4, 0.5) is 11.4 Å². The highest BCUT2D eigenvalue weighted by atomic mass is 16.6. The fourth-order valence-electron chi connectivity index (χ4n) is 3.50. The van der Waals surface area contributed by atoms with Crippen LogP contribution in [-0.2, 0) is 11.2 Å². The minimum absolute atomic E-state index is 0.00479. The Bertz CT molecular complexity index is 608. The summed E-state index contributed by atoms with van der Waals surface area (Å²) in [5.41, 5.74) is 0.668. The van der Waals surface area contributed by atoms with Crippen LogP contribution in [0.25, 0.3) is 0 Å². The number of fused-ring (bicyclic) bond motifs is 1. The van der Waals surface area contributed by atoms with Crippen molar-refractivity contribution in [3.05, 3.63) is 33.9 Å². The van der Waals surface area contributed by atoms with E-state index < -0.39 is 10.5 Å². The molecule has 1 aromatic rings. The van der Waals surface area contributed by atoms with E-state index in [-0.39, 0.29) is 18.0 Å². The Labute approximate surface area is 128 Å². The maximum Gasteiger partial charge on any atom is 0.271 e. The van der Waals surface area contributed by atoms with Crippen molar-refractivity contribution < 1.29 is 14.8 Å². The summed E-state index contributed by atoms with van der Waals surface area (Å²) in [4.78, 5) is 24.6. The highest BCUT2D eigenvalue weighted by Crippen LogP contribution is 2.35. The van der Waals surface area contributed by atoms with Crippen molar-refractivity contribution in [3.63, 3.8) is 0 Å². The molecule has 0 bridgehead atoms. The molecule has 0 spiro atoms. The minimum Gasteiger partial charge on any atom is -0.389 e. The molecule has 1 N–H and O–H groups in total. The number of hydrogen-bond acceptors (Lipinski definition) is 4. The number of carbonyl (C=O) groups is 1. The summed E-state index contributed by atoms with van der Waals surface area (Å²) in [7, 11) is 0. The fourth-order valence-corrected chi connectivity index (χ4v) is 3.50. The highest BCUT2D eigenvalue weighted by Gasteiger charge is 2.35. The third-order valence-corrected chi connectivity index (χ3v) is 4.74.